The fourth-order valence-corrected chi connectivity index (χ4v) is 4.42. The lowest BCUT2D eigenvalue weighted by molar-refractivity contribution is -0.185. The molecule has 2 aliphatic rings. The fraction of sp³-hybridized carbons (Fsp3) is 0.579. The molecule has 1 aromatic carbocycles. The first-order chi connectivity index (χ1) is 12.7. The lowest BCUT2D eigenvalue weighted by Gasteiger charge is -2.27. The van der Waals surface area contributed by atoms with Gasteiger partial charge in [-0.1, -0.05) is 12.1 Å². The van der Waals surface area contributed by atoms with E-state index in [9.17, 15) is 22.8 Å². The molecule has 2 bridgehead atoms. The normalized spacial score (nSPS) is 25.9. The van der Waals surface area contributed by atoms with Gasteiger partial charge in [-0.2, -0.15) is 13.2 Å². The zero-order valence-electron chi connectivity index (χ0n) is 15.5. The van der Waals surface area contributed by atoms with Crippen molar-refractivity contribution in [2.45, 2.75) is 44.9 Å². The maximum absolute atomic E-state index is 12.7. The zero-order chi connectivity index (χ0) is 19.8. The van der Waals surface area contributed by atoms with Gasteiger partial charge in [0.05, 0.1) is 5.92 Å². The number of amides is 2. The predicted octanol–water partition coefficient (Wildman–Crippen LogP) is 3.33. The number of halogens is 4. The molecule has 2 aliphatic carbocycles. The van der Waals surface area contributed by atoms with E-state index >= 15 is 0 Å². The Bertz CT molecular complexity index is 727. The summed E-state index contributed by atoms with van der Waals surface area (Å²) in [6, 6.07) is 6.43. The third-order valence-electron chi connectivity index (χ3n) is 5.76. The predicted molar refractivity (Wildman–Crippen MR) is 102 cm³/mol. The highest BCUT2D eigenvalue weighted by Crippen LogP contribution is 2.47. The first-order valence-corrected chi connectivity index (χ1v) is 9.22. The van der Waals surface area contributed by atoms with Crippen LogP contribution in [0.25, 0.3) is 0 Å². The van der Waals surface area contributed by atoms with Crippen LogP contribution in [-0.4, -0.2) is 35.5 Å². The molecule has 0 aliphatic heterocycles. The highest BCUT2D eigenvalue weighted by Gasteiger charge is 2.49. The van der Waals surface area contributed by atoms with Crippen LogP contribution in [0.2, 0.25) is 0 Å². The van der Waals surface area contributed by atoms with Gasteiger partial charge in [0.15, 0.2) is 0 Å². The van der Waals surface area contributed by atoms with Gasteiger partial charge in [0, 0.05) is 24.8 Å². The van der Waals surface area contributed by atoms with Gasteiger partial charge in [-0.15, -0.1) is 12.4 Å². The Hall–Kier alpha value is -1.80. The number of fused-ring (bicyclic) bond motifs is 2. The second kappa shape index (κ2) is 8.69. The van der Waals surface area contributed by atoms with Crippen molar-refractivity contribution in [2.24, 2.45) is 23.5 Å². The fourth-order valence-electron chi connectivity index (χ4n) is 4.42. The van der Waals surface area contributed by atoms with Gasteiger partial charge >= 0.3 is 12.1 Å². The van der Waals surface area contributed by atoms with Crippen molar-refractivity contribution in [2.75, 3.05) is 11.9 Å². The summed E-state index contributed by atoms with van der Waals surface area (Å²) in [5, 5.41) is 2.85. The van der Waals surface area contributed by atoms with E-state index in [-0.39, 0.29) is 43.4 Å². The van der Waals surface area contributed by atoms with Crippen molar-refractivity contribution < 1.29 is 22.8 Å². The molecular weight excluding hydrogens is 395 g/mol. The molecule has 3 rings (SSSR count). The molecule has 4 unspecified atom stereocenters. The minimum Gasteiger partial charge on any atom is -0.331 e. The standard InChI is InChI=1S/C19H24F3N3O2.ClH/c1-2-25(18(27)19(20,21)22)10-11-4-3-5-14(8-11)24-17(26)15-12-6-7-13(9-12)16(15)23;/h3-5,8,12-13,15-16H,2,6-7,9-10,23H2,1H3,(H,24,26);1H. The van der Waals surface area contributed by atoms with E-state index in [4.69, 9.17) is 5.73 Å². The molecule has 5 nitrogen and oxygen atoms in total. The monoisotopic (exact) mass is 419 g/mol. The summed E-state index contributed by atoms with van der Waals surface area (Å²) in [7, 11) is 0. The van der Waals surface area contributed by atoms with Crippen LogP contribution < -0.4 is 11.1 Å². The van der Waals surface area contributed by atoms with E-state index in [1.165, 1.54) is 6.92 Å². The largest absolute Gasteiger partial charge is 0.471 e. The summed E-state index contributed by atoms with van der Waals surface area (Å²) < 4.78 is 38.0. The molecule has 2 saturated carbocycles. The van der Waals surface area contributed by atoms with Crippen molar-refractivity contribution in [3.8, 4) is 0 Å². The molecule has 3 N–H and O–H groups in total. The number of nitrogens with zero attached hydrogens (tertiary/aromatic N) is 1. The molecule has 28 heavy (non-hydrogen) atoms. The molecule has 1 aromatic rings. The number of anilines is 1. The molecular formula is C19H25ClF3N3O2. The van der Waals surface area contributed by atoms with Crippen LogP contribution in [0.3, 0.4) is 0 Å². The molecule has 0 radical (unpaired) electrons. The number of hydrogen-bond acceptors (Lipinski definition) is 3. The number of rotatable bonds is 5. The lowest BCUT2D eigenvalue weighted by atomic mass is 9.84. The van der Waals surface area contributed by atoms with Crippen LogP contribution in [0.1, 0.15) is 31.7 Å². The summed E-state index contributed by atoms with van der Waals surface area (Å²) in [4.78, 5) is 24.8. The van der Waals surface area contributed by atoms with Gasteiger partial charge in [0.25, 0.3) is 0 Å². The zero-order valence-corrected chi connectivity index (χ0v) is 16.4. The quantitative estimate of drug-likeness (QED) is 0.768. The van der Waals surface area contributed by atoms with Crippen molar-refractivity contribution in [3.05, 3.63) is 29.8 Å². The molecule has 2 amide bonds. The average molecular weight is 420 g/mol. The van der Waals surface area contributed by atoms with E-state index in [1.54, 1.807) is 24.3 Å². The molecule has 0 spiro atoms. The molecule has 0 saturated heterocycles. The minimum absolute atomic E-state index is 0. The van der Waals surface area contributed by atoms with Crippen LogP contribution in [0, 0.1) is 17.8 Å². The van der Waals surface area contributed by atoms with Crippen LogP contribution in [0.4, 0.5) is 18.9 Å². The number of carbonyl (C=O) groups excluding carboxylic acids is 2. The van der Waals surface area contributed by atoms with E-state index in [0.717, 1.165) is 24.2 Å². The molecule has 2 fully saturated rings. The van der Waals surface area contributed by atoms with Gasteiger partial charge in [-0.25, -0.2) is 0 Å². The van der Waals surface area contributed by atoms with E-state index < -0.39 is 12.1 Å². The second-order valence-corrected chi connectivity index (χ2v) is 7.44. The summed E-state index contributed by atoms with van der Waals surface area (Å²) >= 11 is 0. The average Bonchev–Trinajstić information content (AvgIpc) is 3.19. The van der Waals surface area contributed by atoms with E-state index in [2.05, 4.69) is 5.32 Å². The van der Waals surface area contributed by atoms with Crippen LogP contribution in [-0.2, 0) is 16.1 Å². The second-order valence-electron chi connectivity index (χ2n) is 7.44. The number of carbonyl (C=O) groups is 2. The number of hydrogen-bond donors (Lipinski definition) is 2. The van der Waals surface area contributed by atoms with Crippen molar-refractivity contribution in [3.63, 3.8) is 0 Å². The summed E-state index contributed by atoms with van der Waals surface area (Å²) in [5.74, 6) is -1.50. The Labute approximate surface area is 168 Å². The minimum atomic E-state index is -4.90. The van der Waals surface area contributed by atoms with Gasteiger partial charge in [0.2, 0.25) is 5.91 Å². The first-order valence-electron chi connectivity index (χ1n) is 9.22. The van der Waals surface area contributed by atoms with E-state index in [0.29, 0.717) is 23.1 Å². The van der Waals surface area contributed by atoms with Crippen molar-refractivity contribution in [1.82, 2.24) is 4.90 Å². The van der Waals surface area contributed by atoms with E-state index in [1.807, 2.05) is 0 Å². The Kier molecular flexibility index (Phi) is 6.98. The summed E-state index contributed by atoms with van der Waals surface area (Å²) in [6.07, 6.45) is -1.82. The van der Waals surface area contributed by atoms with Crippen LogP contribution in [0.15, 0.2) is 24.3 Å². The highest BCUT2D eigenvalue weighted by molar-refractivity contribution is 5.93. The first kappa shape index (κ1) is 22.5. The maximum Gasteiger partial charge on any atom is 0.471 e. The number of alkyl halides is 3. The third-order valence-corrected chi connectivity index (χ3v) is 5.76. The van der Waals surface area contributed by atoms with Gasteiger partial charge < -0.3 is 16.0 Å². The third kappa shape index (κ3) is 4.60. The summed E-state index contributed by atoms with van der Waals surface area (Å²) in [6.45, 7) is 1.26. The maximum atomic E-state index is 12.7. The Morgan fingerprint density at radius 2 is 1.93 bits per heavy atom. The SMILES string of the molecule is CCN(Cc1cccc(NC(=O)C2C3CCC(C3)C2N)c1)C(=O)C(F)(F)F.Cl. The van der Waals surface area contributed by atoms with Crippen molar-refractivity contribution >= 4 is 29.9 Å². The number of nitrogens with one attached hydrogen (secondary N) is 1. The molecule has 4 atom stereocenters. The van der Waals surface area contributed by atoms with Crippen LogP contribution in [0.5, 0.6) is 0 Å². The Morgan fingerprint density at radius 3 is 2.50 bits per heavy atom. The topological polar surface area (TPSA) is 75.4 Å². The Morgan fingerprint density at radius 1 is 1.25 bits per heavy atom. The molecule has 9 heteroatoms. The van der Waals surface area contributed by atoms with Crippen LogP contribution >= 0.6 is 12.4 Å². The molecule has 156 valence electrons. The highest BCUT2D eigenvalue weighted by atomic mass is 35.5. The van der Waals surface area contributed by atoms with Crippen molar-refractivity contribution in [1.29, 1.82) is 0 Å². The van der Waals surface area contributed by atoms with Gasteiger partial charge in [-0.3, -0.25) is 9.59 Å². The summed E-state index contributed by atoms with van der Waals surface area (Å²) in [5.41, 5.74) is 7.22. The number of benzene rings is 1. The molecule has 0 heterocycles. The van der Waals surface area contributed by atoms with Gasteiger partial charge in [-0.05, 0) is 55.7 Å². The number of nitrogens with two attached hydrogens (primary N) is 1. The lowest BCUT2D eigenvalue weighted by Crippen LogP contribution is -2.42. The van der Waals surface area contributed by atoms with Gasteiger partial charge in [0.1, 0.15) is 0 Å². The smallest absolute Gasteiger partial charge is 0.331 e. The molecule has 0 aromatic heterocycles. The Balaban J connectivity index is 0.00000280.